The highest BCUT2D eigenvalue weighted by atomic mass is 32.1. The van der Waals surface area contributed by atoms with Crippen LogP contribution < -0.4 is 10.2 Å². The fraction of sp³-hybridized carbons (Fsp3) is 0.571. The third-order valence-electron chi connectivity index (χ3n) is 3.82. The second-order valence-electron chi connectivity index (χ2n) is 5.31. The van der Waals surface area contributed by atoms with Crippen LogP contribution in [0.25, 0.3) is 10.2 Å². The molecule has 0 radical (unpaired) electrons. The lowest BCUT2D eigenvalue weighted by molar-refractivity contribution is 0.402. The lowest BCUT2D eigenvalue weighted by atomic mass is 9.98. The van der Waals surface area contributed by atoms with Crippen molar-refractivity contribution in [2.45, 2.75) is 19.8 Å². The second kappa shape index (κ2) is 5.43. The first-order valence-electron chi connectivity index (χ1n) is 6.88. The second-order valence-corrected chi connectivity index (χ2v) is 6.19. The number of nitrogens with zero attached hydrogens (tertiary/aromatic N) is 3. The molecule has 1 N–H and O–H groups in total. The van der Waals surface area contributed by atoms with E-state index in [0.717, 1.165) is 36.9 Å². The van der Waals surface area contributed by atoms with E-state index in [-0.39, 0.29) is 0 Å². The molecule has 5 heteroatoms. The minimum atomic E-state index is 0.727. The normalized spacial score (nSPS) is 20.1. The number of hydrogen-bond donors (Lipinski definition) is 1. The molecule has 19 heavy (non-hydrogen) atoms. The van der Waals surface area contributed by atoms with Crippen LogP contribution in [-0.4, -0.2) is 36.6 Å². The molecule has 3 rings (SSSR count). The van der Waals surface area contributed by atoms with E-state index in [0.29, 0.717) is 0 Å². The van der Waals surface area contributed by atoms with Crippen LogP contribution in [0.2, 0.25) is 0 Å². The van der Waals surface area contributed by atoms with E-state index in [2.05, 4.69) is 32.5 Å². The van der Waals surface area contributed by atoms with Crippen molar-refractivity contribution in [3.8, 4) is 0 Å². The summed E-state index contributed by atoms with van der Waals surface area (Å²) in [6, 6.07) is 0. The molecule has 1 aliphatic rings. The van der Waals surface area contributed by atoms with Crippen molar-refractivity contribution < 1.29 is 0 Å². The monoisotopic (exact) mass is 276 g/mol. The molecule has 0 aliphatic carbocycles. The number of aryl methyl sites for hydroxylation is 1. The van der Waals surface area contributed by atoms with Crippen molar-refractivity contribution in [3.05, 3.63) is 17.3 Å². The Morgan fingerprint density at radius 3 is 3.21 bits per heavy atom. The van der Waals surface area contributed by atoms with Gasteiger partial charge in [-0.3, -0.25) is 0 Å². The first-order chi connectivity index (χ1) is 9.29. The quantitative estimate of drug-likeness (QED) is 0.935. The van der Waals surface area contributed by atoms with Gasteiger partial charge in [0.25, 0.3) is 0 Å². The van der Waals surface area contributed by atoms with Gasteiger partial charge in [0.1, 0.15) is 12.1 Å². The Hall–Kier alpha value is -1.20. The third kappa shape index (κ3) is 2.44. The van der Waals surface area contributed by atoms with Crippen LogP contribution in [0.4, 0.5) is 5.82 Å². The van der Waals surface area contributed by atoms with E-state index in [1.165, 1.54) is 23.1 Å². The minimum absolute atomic E-state index is 0.727. The Balaban J connectivity index is 1.91. The standard InChI is InChI=1S/C14H20N4S/c1-10-8-19-13-12(10)16-9-17-14(13)18-5-3-4-11(7-18)6-15-2/h8-9,11,15H,3-7H2,1-2H3. The molecule has 0 bridgehead atoms. The summed E-state index contributed by atoms with van der Waals surface area (Å²) in [4.78, 5) is 11.4. The average molecular weight is 276 g/mol. The highest BCUT2D eigenvalue weighted by Crippen LogP contribution is 2.32. The van der Waals surface area contributed by atoms with Crippen LogP contribution in [0, 0.1) is 12.8 Å². The summed E-state index contributed by atoms with van der Waals surface area (Å²) in [6.07, 6.45) is 4.27. The lowest BCUT2D eigenvalue weighted by Crippen LogP contribution is -2.39. The van der Waals surface area contributed by atoms with Gasteiger partial charge in [-0.25, -0.2) is 9.97 Å². The summed E-state index contributed by atoms with van der Waals surface area (Å²) in [5, 5.41) is 5.47. The average Bonchev–Trinajstić information content (AvgIpc) is 2.81. The Morgan fingerprint density at radius 1 is 1.47 bits per heavy atom. The summed E-state index contributed by atoms with van der Waals surface area (Å²) in [5.74, 6) is 1.86. The van der Waals surface area contributed by atoms with Crippen LogP contribution in [0.5, 0.6) is 0 Å². The molecule has 0 amide bonds. The van der Waals surface area contributed by atoms with Gasteiger partial charge >= 0.3 is 0 Å². The minimum Gasteiger partial charge on any atom is -0.355 e. The van der Waals surface area contributed by atoms with E-state index in [1.54, 1.807) is 17.7 Å². The van der Waals surface area contributed by atoms with E-state index in [9.17, 15) is 0 Å². The van der Waals surface area contributed by atoms with Crippen LogP contribution in [0.15, 0.2) is 11.7 Å². The van der Waals surface area contributed by atoms with Crippen molar-refractivity contribution in [1.29, 1.82) is 0 Å². The van der Waals surface area contributed by atoms with Crippen molar-refractivity contribution in [1.82, 2.24) is 15.3 Å². The van der Waals surface area contributed by atoms with Crippen molar-refractivity contribution >= 4 is 27.4 Å². The molecule has 1 fully saturated rings. The first kappa shape index (κ1) is 12.8. The van der Waals surface area contributed by atoms with Gasteiger partial charge in [-0.2, -0.15) is 0 Å². The topological polar surface area (TPSA) is 41.0 Å². The highest BCUT2D eigenvalue weighted by molar-refractivity contribution is 7.18. The summed E-state index contributed by atoms with van der Waals surface area (Å²) in [7, 11) is 2.03. The number of anilines is 1. The number of hydrogen-bond acceptors (Lipinski definition) is 5. The molecule has 0 spiro atoms. The van der Waals surface area contributed by atoms with Crippen molar-refractivity contribution in [2.75, 3.05) is 31.6 Å². The lowest BCUT2D eigenvalue weighted by Gasteiger charge is -2.33. The van der Waals surface area contributed by atoms with Crippen LogP contribution >= 0.6 is 11.3 Å². The summed E-state index contributed by atoms with van der Waals surface area (Å²) in [6.45, 7) is 5.43. The molecule has 1 atom stereocenters. The van der Waals surface area contributed by atoms with Gasteiger partial charge in [-0.1, -0.05) is 0 Å². The van der Waals surface area contributed by atoms with E-state index in [1.807, 2.05) is 7.05 Å². The zero-order chi connectivity index (χ0) is 13.2. The number of piperidine rings is 1. The maximum Gasteiger partial charge on any atom is 0.150 e. The number of aromatic nitrogens is 2. The molecule has 2 aromatic heterocycles. The van der Waals surface area contributed by atoms with Gasteiger partial charge in [0.05, 0.1) is 10.2 Å². The van der Waals surface area contributed by atoms with Gasteiger partial charge in [0, 0.05) is 13.1 Å². The van der Waals surface area contributed by atoms with Crippen molar-refractivity contribution in [3.63, 3.8) is 0 Å². The van der Waals surface area contributed by atoms with E-state index < -0.39 is 0 Å². The van der Waals surface area contributed by atoms with Gasteiger partial charge in [0.15, 0.2) is 0 Å². The van der Waals surface area contributed by atoms with E-state index in [4.69, 9.17) is 0 Å². The zero-order valence-electron chi connectivity index (χ0n) is 11.5. The van der Waals surface area contributed by atoms with Gasteiger partial charge < -0.3 is 10.2 Å². The molecule has 4 nitrogen and oxygen atoms in total. The maximum absolute atomic E-state index is 4.54. The summed E-state index contributed by atoms with van der Waals surface area (Å²) in [5.41, 5.74) is 2.37. The smallest absolute Gasteiger partial charge is 0.150 e. The summed E-state index contributed by atoms with van der Waals surface area (Å²) >= 11 is 1.77. The van der Waals surface area contributed by atoms with Gasteiger partial charge in [-0.15, -0.1) is 11.3 Å². The molecule has 1 aliphatic heterocycles. The number of thiophene rings is 1. The van der Waals surface area contributed by atoms with Crippen LogP contribution in [0.3, 0.4) is 0 Å². The predicted molar refractivity (Wildman–Crippen MR) is 81.0 cm³/mol. The molecule has 102 valence electrons. The fourth-order valence-corrected chi connectivity index (χ4v) is 3.91. The molecule has 1 saturated heterocycles. The Bertz CT molecular complexity index is 564. The molecule has 3 heterocycles. The van der Waals surface area contributed by atoms with Crippen molar-refractivity contribution in [2.24, 2.45) is 5.92 Å². The molecular weight excluding hydrogens is 256 g/mol. The van der Waals surface area contributed by atoms with E-state index >= 15 is 0 Å². The zero-order valence-corrected chi connectivity index (χ0v) is 12.3. The Labute approximate surface area is 117 Å². The Kier molecular flexibility index (Phi) is 3.66. The van der Waals surface area contributed by atoms with Gasteiger partial charge in [-0.05, 0) is 50.2 Å². The van der Waals surface area contributed by atoms with Gasteiger partial charge in [0.2, 0.25) is 0 Å². The molecule has 2 aromatic rings. The maximum atomic E-state index is 4.54. The largest absolute Gasteiger partial charge is 0.355 e. The number of fused-ring (bicyclic) bond motifs is 1. The molecule has 1 unspecified atom stereocenters. The number of rotatable bonds is 3. The molecular formula is C14H20N4S. The fourth-order valence-electron chi connectivity index (χ4n) is 2.89. The SMILES string of the molecule is CNCC1CCCN(c2ncnc3c(C)csc23)C1. The third-order valence-corrected chi connectivity index (χ3v) is 4.91. The molecule has 0 saturated carbocycles. The van der Waals surface area contributed by atoms with Crippen LogP contribution in [-0.2, 0) is 0 Å². The predicted octanol–water partition coefficient (Wildman–Crippen LogP) is 2.44. The Morgan fingerprint density at radius 2 is 2.37 bits per heavy atom. The first-order valence-corrected chi connectivity index (χ1v) is 7.76. The summed E-state index contributed by atoms with van der Waals surface area (Å²) < 4.78 is 1.24. The molecule has 0 aromatic carbocycles. The highest BCUT2D eigenvalue weighted by Gasteiger charge is 2.22. The number of nitrogens with one attached hydrogen (secondary N) is 1. The van der Waals surface area contributed by atoms with Crippen LogP contribution in [0.1, 0.15) is 18.4 Å².